The van der Waals surface area contributed by atoms with Crippen LogP contribution in [0.4, 0.5) is 5.69 Å². The van der Waals surface area contributed by atoms with Gasteiger partial charge in [-0.3, -0.25) is 4.79 Å². The van der Waals surface area contributed by atoms with Crippen molar-refractivity contribution in [2.75, 3.05) is 5.32 Å². The molecule has 1 aliphatic rings. The highest BCUT2D eigenvalue weighted by atomic mass is 79.9. The highest BCUT2D eigenvalue weighted by Gasteiger charge is 2.25. The lowest BCUT2D eigenvalue weighted by Crippen LogP contribution is -2.37. The quantitative estimate of drug-likeness (QED) is 0.903. The van der Waals surface area contributed by atoms with Gasteiger partial charge in [-0.1, -0.05) is 18.2 Å². The summed E-state index contributed by atoms with van der Waals surface area (Å²) in [6, 6.07) is 9.94. The summed E-state index contributed by atoms with van der Waals surface area (Å²) < 4.78 is 1.06. The number of amides is 1. The van der Waals surface area contributed by atoms with Crippen molar-refractivity contribution >= 4 is 38.9 Å². The van der Waals surface area contributed by atoms with Gasteiger partial charge in [0.1, 0.15) is 6.04 Å². The summed E-state index contributed by atoms with van der Waals surface area (Å²) in [6.45, 7) is 0.587. The van der Waals surface area contributed by atoms with Crippen molar-refractivity contribution in [1.82, 2.24) is 5.32 Å². The van der Waals surface area contributed by atoms with Crippen LogP contribution in [-0.2, 0) is 17.8 Å². The van der Waals surface area contributed by atoms with Crippen LogP contribution >= 0.6 is 27.3 Å². The molecule has 0 radical (unpaired) electrons. The molecule has 1 aromatic carbocycles. The van der Waals surface area contributed by atoms with Crippen LogP contribution in [0.5, 0.6) is 0 Å². The summed E-state index contributed by atoms with van der Waals surface area (Å²) in [5, 5.41) is 8.25. The number of hydrogen-bond acceptors (Lipinski definition) is 3. The Labute approximate surface area is 124 Å². The van der Waals surface area contributed by atoms with E-state index in [2.05, 4.69) is 32.6 Å². The molecule has 0 aliphatic carbocycles. The molecule has 1 atom stereocenters. The largest absolute Gasteiger partial charge is 0.373 e. The van der Waals surface area contributed by atoms with E-state index in [-0.39, 0.29) is 11.9 Å². The Morgan fingerprint density at radius 1 is 1.47 bits per heavy atom. The Hall–Kier alpha value is -1.33. The van der Waals surface area contributed by atoms with Gasteiger partial charge in [0.15, 0.2) is 0 Å². The van der Waals surface area contributed by atoms with Crippen LogP contribution in [-0.4, -0.2) is 11.9 Å². The maximum atomic E-state index is 12.1. The number of thiophene rings is 1. The van der Waals surface area contributed by atoms with Gasteiger partial charge in [0.05, 0.1) is 6.54 Å². The van der Waals surface area contributed by atoms with Crippen LogP contribution in [0.1, 0.15) is 10.4 Å². The molecular formula is C14H13BrN2OS. The van der Waals surface area contributed by atoms with Gasteiger partial charge in [0.2, 0.25) is 5.91 Å². The normalized spacial score (nSPS) is 16.8. The monoisotopic (exact) mass is 336 g/mol. The van der Waals surface area contributed by atoms with Gasteiger partial charge in [0, 0.05) is 26.8 Å². The summed E-state index contributed by atoms with van der Waals surface area (Å²) in [5.74, 6) is 0.0562. The third-order valence-electron chi connectivity index (χ3n) is 3.15. The smallest absolute Gasteiger partial charge is 0.243 e. The summed E-state index contributed by atoms with van der Waals surface area (Å²) in [6.07, 6.45) is 0.760. The molecule has 1 aliphatic heterocycles. The molecule has 19 heavy (non-hydrogen) atoms. The third-order valence-corrected chi connectivity index (χ3v) is 4.84. The molecule has 2 heterocycles. The van der Waals surface area contributed by atoms with Crippen LogP contribution in [0.2, 0.25) is 0 Å². The molecule has 1 amide bonds. The lowest BCUT2D eigenvalue weighted by atomic mass is 10.1. The maximum Gasteiger partial charge on any atom is 0.243 e. The second kappa shape index (κ2) is 5.35. The average molecular weight is 337 g/mol. The van der Waals surface area contributed by atoms with E-state index in [9.17, 15) is 4.79 Å². The summed E-state index contributed by atoms with van der Waals surface area (Å²) in [4.78, 5) is 13.3. The van der Waals surface area contributed by atoms with E-state index in [0.717, 1.165) is 21.5 Å². The number of carbonyl (C=O) groups excluding carboxylic acids is 1. The molecule has 5 heteroatoms. The van der Waals surface area contributed by atoms with E-state index in [1.807, 2.05) is 29.6 Å². The fraction of sp³-hybridized carbons (Fsp3) is 0.214. The van der Waals surface area contributed by atoms with Gasteiger partial charge in [-0.15, -0.1) is 11.3 Å². The van der Waals surface area contributed by atoms with Crippen molar-refractivity contribution in [2.24, 2.45) is 0 Å². The van der Waals surface area contributed by atoms with Crippen molar-refractivity contribution in [3.63, 3.8) is 0 Å². The molecule has 3 nitrogen and oxygen atoms in total. The highest BCUT2D eigenvalue weighted by Crippen LogP contribution is 2.25. The standard InChI is InChI=1S/C14H13BrN2OS/c15-10-6-11(19-8-10)7-16-14(18)13-5-9-3-1-2-4-12(9)17-13/h1-4,6,8,13,17H,5,7H2,(H,16,18)/t13-/m0/s1. The number of fused-ring (bicyclic) bond motifs is 1. The minimum Gasteiger partial charge on any atom is -0.373 e. The lowest BCUT2D eigenvalue weighted by molar-refractivity contribution is -0.121. The molecule has 0 fully saturated rings. The van der Waals surface area contributed by atoms with Crippen LogP contribution in [0.15, 0.2) is 40.2 Å². The van der Waals surface area contributed by atoms with E-state index < -0.39 is 0 Å². The van der Waals surface area contributed by atoms with Crippen LogP contribution in [0, 0.1) is 0 Å². The number of nitrogens with one attached hydrogen (secondary N) is 2. The van der Waals surface area contributed by atoms with Crippen LogP contribution < -0.4 is 10.6 Å². The lowest BCUT2D eigenvalue weighted by Gasteiger charge is -2.11. The van der Waals surface area contributed by atoms with Gasteiger partial charge < -0.3 is 10.6 Å². The number of anilines is 1. The van der Waals surface area contributed by atoms with Crippen molar-refractivity contribution < 1.29 is 4.79 Å². The first kappa shape index (κ1) is 12.7. The highest BCUT2D eigenvalue weighted by molar-refractivity contribution is 9.10. The van der Waals surface area contributed by atoms with E-state index in [0.29, 0.717) is 6.54 Å². The predicted molar refractivity (Wildman–Crippen MR) is 81.4 cm³/mol. The molecule has 2 aromatic rings. The second-order valence-corrected chi connectivity index (χ2v) is 6.42. The fourth-order valence-corrected chi connectivity index (χ4v) is 3.59. The first-order valence-electron chi connectivity index (χ1n) is 6.07. The second-order valence-electron chi connectivity index (χ2n) is 4.51. The van der Waals surface area contributed by atoms with E-state index >= 15 is 0 Å². The van der Waals surface area contributed by atoms with Crippen molar-refractivity contribution in [2.45, 2.75) is 19.0 Å². The summed E-state index contributed by atoms with van der Waals surface area (Å²) in [5.41, 5.74) is 2.28. The number of benzene rings is 1. The van der Waals surface area contributed by atoms with E-state index in [4.69, 9.17) is 0 Å². The van der Waals surface area contributed by atoms with Gasteiger partial charge in [-0.2, -0.15) is 0 Å². The Kier molecular flexibility index (Phi) is 3.57. The maximum absolute atomic E-state index is 12.1. The van der Waals surface area contributed by atoms with E-state index in [1.165, 1.54) is 5.56 Å². The topological polar surface area (TPSA) is 41.1 Å². The Morgan fingerprint density at radius 2 is 2.32 bits per heavy atom. The van der Waals surface area contributed by atoms with Gasteiger partial charge >= 0.3 is 0 Å². The number of halogens is 1. The van der Waals surface area contributed by atoms with Crippen LogP contribution in [0.3, 0.4) is 0 Å². The Morgan fingerprint density at radius 3 is 3.05 bits per heavy atom. The van der Waals surface area contributed by atoms with Crippen LogP contribution in [0.25, 0.3) is 0 Å². The zero-order valence-electron chi connectivity index (χ0n) is 10.2. The Balaban J connectivity index is 1.58. The Bertz CT molecular complexity index is 586. The van der Waals surface area contributed by atoms with Crippen molar-refractivity contribution in [3.8, 4) is 0 Å². The third kappa shape index (κ3) is 2.82. The van der Waals surface area contributed by atoms with Gasteiger partial charge in [0.25, 0.3) is 0 Å². The average Bonchev–Trinajstić information content (AvgIpc) is 3.01. The minimum absolute atomic E-state index is 0.0562. The summed E-state index contributed by atoms with van der Waals surface area (Å²) >= 11 is 5.05. The molecule has 0 saturated carbocycles. The predicted octanol–water partition coefficient (Wildman–Crippen LogP) is 3.16. The first-order valence-corrected chi connectivity index (χ1v) is 7.75. The zero-order chi connectivity index (χ0) is 13.2. The molecule has 98 valence electrons. The number of hydrogen-bond donors (Lipinski definition) is 2. The summed E-state index contributed by atoms with van der Waals surface area (Å²) in [7, 11) is 0. The molecule has 2 N–H and O–H groups in total. The SMILES string of the molecule is O=C(NCc1cc(Br)cs1)[C@@H]1Cc2ccccc2N1. The molecule has 3 rings (SSSR count). The minimum atomic E-state index is -0.152. The first-order chi connectivity index (χ1) is 9.22. The molecule has 1 aromatic heterocycles. The number of para-hydroxylation sites is 1. The van der Waals surface area contributed by atoms with Crippen molar-refractivity contribution in [3.05, 3.63) is 50.6 Å². The number of rotatable bonds is 3. The zero-order valence-corrected chi connectivity index (χ0v) is 12.6. The molecule has 0 bridgehead atoms. The molecular weight excluding hydrogens is 324 g/mol. The molecule has 0 unspecified atom stereocenters. The van der Waals surface area contributed by atoms with Gasteiger partial charge in [-0.05, 0) is 33.6 Å². The fourth-order valence-electron chi connectivity index (χ4n) is 2.20. The number of carbonyl (C=O) groups is 1. The molecule has 0 saturated heterocycles. The molecule has 0 spiro atoms. The van der Waals surface area contributed by atoms with E-state index in [1.54, 1.807) is 11.3 Å². The van der Waals surface area contributed by atoms with Gasteiger partial charge in [-0.25, -0.2) is 0 Å². The van der Waals surface area contributed by atoms with Crippen molar-refractivity contribution in [1.29, 1.82) is 0 Å².